The third-order valence-corrected chi connectivity index (χ3v) is 4.51. The Morgan fingerprint density at radius 1 is 1.58 bits per heavy atom. The zero-order chi connectivity index (χ0) is 14.2. The fourth-order valence-electron chi connectivity index (χ4n) is 2.06. The fourth-order valence-corrected chi connectivity index (χ4v) is 2.85. The highest BCUT2D eigenvalue weighted by molar-refractivity contribution is 8.13. The molecule has 1 fully saturated rings. The van der Waals surface area contributed by atoms with E-state index in [4.69, 9.17) is 15.4 Å². The van der Waals surface area contributed by atoms with Crippen molar-refractivity contribution in [2.75, 3.05) is 6.61 Å². The third-order valence-electron chi connectivity index (χ3n) is 3.19. The Kier molecular flexibility index (Phi) is 3.89. The maximum Gasteiger partial charge on any atom is 0.268 e. The van der Waals surface area contributed by atoms with Crippen molar-refractivity contribution in [3.8, 4) is 0 Å². The predicted octanol–water partition coefficient (Wildman–Crippen LogP) is 0.860. The Hall–Kier alpha value is -1.05. The molecule has 0 spiro atoms. The lowest BCUT2D eigenvalue weighted by molar-refractivity contribution is 0.0859. The van der Waals surface area contributed by atoms with E-state index in [1.54, 1.807) is 7.05 Å². The quantitative estimate of drug-likeness (QED) is 0.840. The number of carbonyl (C=O) groups excluding carboxylic acids is 1. The van der Waals surface area contributed by atoms with Crippen LogP contribution in [-0.2, 0) is 20.8 Å². The van der Waals surface area contributed by atoms with Crippen molar-refractivity contribution in [1.82, 2.24) is 9.88 Å². The summed E-state index contributed by atoms with van der Waals surface area (Å²) in [5, 5.41) is 2.83. The van der Waals surface area contributed by atoms with Gasteiger partial charge in [-0.25, -0.2) is 8.42 Å². The molecule has 1 N–H and O–H groups in total. The molecule has 8 heteroatoms. The van der Waals surface area contributed by atoms with Gasteiger partial charge in [0.25, 0.3) is 15.0 Å². The van der Waals surface area contributed by atoms with E-state index in [0.717, 1.165) is 6.42 Å². The highest BCUT2D eigenvalue weighted by atomic mass is 35.7. The monoisotopic (exact) mass is 306 g/mol. The second-order valence-electron chi connectivity index (χ2n) is 4.55. The lowest BCUT2D eigenvalue weighted by atomic mass is 10.1. The van der Waals surface area contributed by atoms with E-state index in [0.29, 0.717) is 6.61 Å². The van der Waals surface area contributed by atoms with Gasteiger partial charge in [-0.1, -0.05) is 0 Å². The summed E-state index contributed by atoms with van der Waals surface area (Å²) in [5.41, 5.74) is 0.248. The van der Waals surface area contributed by atoms with Gasteiger partial charge in [-0.05, 0) is 19.4 Å². The van der Waals surface area contributed by atoms with Crippen molar-refractivity contribution in [1.29, 1.82) is 0 Å². The van der Waals surface area contributed by atoms with E-state index in [2.05, 4.69) is 5.32 Å². The number of carbonyl (C=O) groups is 1. The van der Waals surface area contributed by atoms with Crippen LogP contribution in [0.4, 0.5) is 0 Å². The van der Waals surface area contributed by atoms with Gasteiger partial charge >= 0.3 is 0 Å². The average molecular weight is 307 g/mol. The van der Waals surface area contributed by atoms with Gasteiger partial charge in [0.15, 0.2) is 0 Å². The van der Waals surface area contributed by atoms with Crippen LogP contribution in [0.2, 0.25) is 0 Å². The molecule has 1 aliphatic heterocycles. The lowest BCUT2D eigenvalue weighted by Gasteiger charge is -2.16. The number of nitrogens with zero attached hydrogens (tertiary/aromatic N) is 1. The molecule has 0 aromatic carbocycles. The molecule has 1 saturated heterocycles. The van der Waals surface area contributed by atoms with Gasteiger partial charge in [0.1, 0.15) is 10.6 Å². The molecule has 2 heterocycles. The Bertz CT molecular complexity index is 596. The van der Waals surface area contributed by atoms with Crippen molar-refractivity contribution in [2.24, 2.45) is 7.05 Å². The zero-order valence-corrected chi connectivity index (χ0v) is 12.2. The molecule has 1 amide bonds. The second-order valence-corrected chi connectivity index (χ2v) is 7.12. The van der Waals surface area contributed by atoms with E-state index in [1.807, 2.05) is 6.92 Å². The molecule has 6 nitrogen and oxygen atoms in total. The molecule has 0 bridgehead atoms. The molecule has 0 radical (unpaired) electrons. The summed E-state index contributed by atoms with van der Waals surface area (Å²) < 4.78 is 29.2. The molecule has 19 heavy (non-hydrogen) atoms. The van der Waals surface area contributed by atoms with Gasteiger partial charge < -0.3 is 14.6 Å². The number of hydrogen-bond acceptors (Lipinski definition) is 4. The number of amides is 1. The third kappa shape index (κ3) is 3.10. The first-order valence-corrected chi connectivity index (χ1v) is 8.13. The Morgan fingerprint density at radius 3 is 2.74 bits per heavy atom. The standard InChI is InChI=1S/C11H15ClN2O4S/c1-7-9(3-4-18-7)13-11(15)10-5-8(6-14(10)2)19(12,16)17/h5-7,9H,3-4H2,1-2H3,(H,13,15). The number of aromatic nitrogens is 1. The Balaban J connectivity index is 2.18. The van der Waals surface area contributed by atoms with E-state index in [-0.39, 0.29) is 28.6 Å². The molecule has 2 rings (SSSR count). The summed E-state index contributed by atoms with van der Waals surface area (Å²) in [7, 11) is 3.01. The maximum absolute atomic E-state index is 12.1. The SMILES string of the molecule is CC1OCCC1NC(=O)c1cc(S(=O)(=O)Cl)cn1C. The summed E-state index contributed by atoms with van der Waals surface area (Å²) in [4.78, 5) is 12.0. The highest BCUT2D eigenvalue weighted by Crippen LogP contribution is 2.19. The average Bonchev–Trinajstić information content (AvgIpc) is 2.85. The summed E-state index contributed by atoms with van der Waals surface area (Å²) in [6.07, 6.45) is 2.02. The van der Waals surface area contributed by atoms with Crippen molar-refractivity contribution in [3.63, 3.8) is 0 Å². The van der Waals surface area contributed by atoms with E-state index < -0.39 is 9.05 Å². The Morgan fingerprint density at radius 2 is 2.26 bits per heavy atom. The second kappa shape index (κ2) is 5.15. The van der Waals surface area contributed by atoms with Crippen molar-refractivity contribution >= 4 is 25.6 Å². The number of ether oxygens (including phenoxy) is 1. The number of rotatable bonds is 3. The smallest absolute Gasteiger partial charge is 0.268 e. The van der Waals surface area contributed by atoms with Crippen LogP contribution in [0.15, 0.2) is 17.2 Å². The van der Waals surface area contributed by atoms with Crippen LogP contribution in [0.5, 0.6) is 0 Å². The molecule has 1 aliphatic rings. The molecular weight excluding hydrogens is 292 g/mol. The molecule has 2 unspecified atom stereocenters. The van der Waals surface area contributed by atoms with Crippen LogP contribution in [0.3, 0.4) is 0 Å². The molecule has 1 aromatic heterocycles. The first kappa shape index (κ1) is 14.4. The number of halogens is 1. The van der Waals surface area contributed by atoms with Gasteiger partial charge in [0.05, 0.1) is 12.1 Å². The van der Waals surface area contributed by atoms with Gasteiger partial charge in [0, 0.05) is 30.5 Å². The molecular formula is C11H15ClN2O4S. The van der Waals surface area contributed by atoms with Crippen LogP contribution < -0.4 is 5.32 Å². The van der Waals surface area contributed by atoms with Crippen LogP contribution in [0.25, 0.3) is 0 Å². The molecule has 106 valence electrons. The highest BCUT2D eigenvalue weighted by Gasteiger charge is 2.27. The van der Waals surface area contributed by atoms with Gasteiger partial charge in [-0.2, -0.15) is 0 Å². The van der Waals surface area contributed by atoms with Crippen LogP contribution >= 0.6 is 10.7 Å². The zero-order valence-electron chi connectivity index (χ0n) is 10.6. The largest absolute Gasteiger partial charge is 0.376 e. The molecule has 0 saturated carbocycles. The minimum Gasteiger partial charge on any atom is -0.376 e. The van der Waals surface area contributed by atoms with Gasteiger partial charge in [-0.3, -0.25) is 4.79 Å². The van der Waals surface area contributed by atoms with Crippen LogP contribution in [0.1, 0.15) is 23.8 Å². The van der Waals surface area contributed by atoms with Crippen LogP contribution in [0, 0.1) is 0 Å². The lowest BCUT2D eigenvalue weighted by Crippen LogP contribution is -2.39. The minimum atomic E-state index is -3.83. The molecule has 0 aliphatic carbocycles. The first-order valence-electron chi connectivity index (χ1n) is 5.82. The van der Waals surface area contributed by atoms with Crippen molar-refractivity contribution in [2.45, 2.75) is 30.4 Å². The fraction of sp³-hybridized carbons (Fsp3) is 0.545. The predicted molar refractivity (Wildman–Crippen MR) is 69.7 cm³/mol. The molecule has 1 aromatic rings. The molecule has 2 atom stereocenters. The minimum absolute atomic E-state index is 0.0413. The van der Waals surface area contributed by atoms with E-state index >= 15 is 0 Å². The normalized spacial score (nSPS) is 23.5. The summed E-state index contributed by atoms with van der Waals surface area (Å²) >= 11 is 0. The summed E-state index contributed by atoms with van der Waals surface area (Å²) in [6.45, 7) is 2.50. The van der Waals surface area contributed by atoms with Crippen molar-refractivity contribution < 1.29 is 17.9 Å². The van der Waals surface area contributed by atoms with Crippen molar-refractivity contribution in [3.05, 3.63) is 18.0 Å². The van der Waals surface area contributed by atoms with E-state index in [9.17, 15) is 13.2 Å². The van der Waals surface area contributed by atoms with Gasteiger partial charge in [-0.15, -0.1) is 0 Å². The Labute approximate surface area is 116 Å². The topological polar surface area (TPSA) is 77.4 Å². The van der Waals surface area contributed by atoms with Gasteiger partial charge in [0.2, 0.25) is 0 Å². The first-order chi connectivity index (χ1) is 8.79. The van der Waals surface area contributed by atoms with E-state index in [1.165, 1.54) is 16.8 Å². The number of hydrogen-bond donors (Lipinski definition) is 1. The maximum atomic E-state index is 12.1. The summed E-state index contributed by atoms with van der Waals surface area (Å²) in [6, 6.07) is 1.21. The summed E-state index contributed by atoms with van der Waals surface area (Å²) in [5.74, 6) is -0.337. The number of nitrogens with one attached hydrogen (secondary N) is 1. The number of aryl methyl sites for hydroxylation is 1. The van der Waals surface area contributed by atoms with Crippen LogP contribution in [-0.4, -0.2) is 37.6 Å².